The summed E-state index contributed by atoms with van der Waals surface area (Å²) in [6.45, 7) is 5.78. The van der Waals surface area contributed by atoms with Gasteiger partial charge in [0.25, 0.3) is 5.56 Å². The number of carbonyl (C=O) groups is 1. The Morgan fingerprint density at radius 3 is 2.56 bits per heavy atom. The van der Waals surface area contributed by atoms with Gasteiger partial charge in [-0.3, -0.25) is 23.3 Å². The average Bonchev–Trinajstić information content (AvgIpc) is 3.17. The molecule has 0 bridgehead atoms. The molecule has 9 heteroatoms. The molecule has 0 spiro atoms. The Morgan fingerprint density at radius 2 is 1.88 bits per heavy atom. The number of benzene rings is 1. The maximum Gasteiger partial charge on any atom is 0.332 e. The van der Waals surface area contributed by atoms with Gasteiger partial charge in [0.2, 0.25) is 5.95 Å². The van der Waals surface area contributed by atoms with Crippen molar-refractivity contribution in [2.24, 2.45) is 20.0 Å². The van der Waals surface area contributed by atoms with Crippen LogP contribution in [0.3, 0.4) is 0 Å². The molecule has 1 aliphatic rings. The first-order valence-electron chi connectivity index (χ1n) is 10.9. The highest BCUT2D eigenvalue weighted by Crippen LogP contribution is 2.27. The third kappa shape index (κ3) is 3.83. The zero-order valence-corrected chi connectivity index (χ0v) is 19.0. The first-order chi connectivity index (χ1) is 15.3. The predicted molar refractivity (Wildman–Crippen MR) is 122 cm³/mol. The molecule has 0 radical (unpaired) electrons. The summed E-state index contributed by atoms with van der Waals surface area (Å²) in [4.78, 5) is 44.8. The van der Waals surface area contributed by atoms with Gasteiger partial charge in [0.1, 0.15) is 0 Å². The number of esters is 1. The van der Waals surface area contributed by atoms with Gasteiger partial charge in [-0.15, -0.1) is 0 Å². The molecule has 9 nitrogen and oxygen atoms in total. The van der Waals surface area contributed by atoms with Crippen molar-refractivity contribution < 1.29 is 9.53 Å². The molecule has 2 aromatic heterocycles. The van der Waals surface area contributed by atoms with Crippen molar-refractivity contribution in [3.8, 4) is 0 Å². The molecule has 0 aliphatic carbocycles. The van der Waals surface area contributed by atoms with E-state index in [4.69, 9.17) is 9.72 Å². The summed E-state index contributed by atoms with van der Waals surface area (Å²) in [5.74, 6) is 0.137. The molecule has 1 aromatic carbocycles. The molecule has 1 atom stereocenters. The molecule has 3 aromatic rings. The number of hydrogen-bond donors (Lipinski definition) is 0. The maximum absolute atomic E-state index is 13.1. The number of fused-ring (bicyclic) bond motifs is 1. The monoisotopic (exact) mass is 439 g/mol. The molecule has 1 fully saturated rings. The van der Waals surface area contributed by atoms with Crippen molar-refractivity contribution in [3.63, 3.8) is 0 Å². The number of rotatable bonds is 5. The SMILES string of the molecule is CCOC(=O)[C@H]1CCCN(c2nc3c(c(=O)n(C)c(=O)n3C)n2Cc2ccc(C)cc2)C1. The van der Waals surface area contributed by atoms with Crippen molar-refractivity contribution in [2.75, 3.05) is 24.6 Å². The van der Waals surface area contributed by atoms with E-state index >= 15 is 0 Å². The first kappa shape index (κ1) is 21.9. The van der Waals surface area contributed by atoms with Crippen molar-refractivity contribution in [1.29, 1.82) is 0 Å². The van der Waals surface area contributed by atoms with Gasteiger partial charge in [-0.1, -0.05) is 29.8 Å². The van der Waals surface area contributed by atoms with Crippen LogP contribution in [0.5, 0.6) is 0 Å². The summed E-state index contributed by atoms with van der Waals surface area (Å²) < 4.78 is 9.62. The van der Waals surface area contributed by atoms with Crippen molar-refractivity contribution in [2.45, 2.75) is 33.2 Å². The van der Waals surface area contributed by atoms with Crippen LogP contribution in [0.25, 0.3) is 11.2 Å². The van der Waals surface area contributed by atoms with Crippen LogP contribution in [0.15, 0.2) is 33.9 Å². The van der Waals surface area contributed by atoms with Gasteiger partial charge in [0.15, 0.2) is 11.2 Å². The summed E-state index contributed by atoms with van der Waals surface area (Å²) in [6.07, 6.45) is 1.57. The van der Waals surface area contributed by atoms with Crippen LogP contribution < -0.4 is 16.1 Å². The maximum atomic E-state index is 13.1. The van der Waals surface area contributed by atoms with Crippen molar-refractivity contribution in [3.05, 3.63) is 56.2 Å². The number of aryl methyl sites for hydroxylation is 2. The molecule has 0 amide bonds. The Labute approximate surface area is 185 Å². The fraction of sp³-hybridized carbons (Fsp3) is 0.478. The molecule has 32 heavy (non-hydrogen) atoms. The molecule has 1 saturated heterocycles. The smallest absolute Gasteiger partial charge is 0.332 e. The molecular formula is C23H29N5O4. The minimum absolute atomic E-state index is 0.207. The second-order valence-corrected chi connectivity index (χ2v) is 8.40. The fourth-order valence-corrected chi connectivity index (χ4v) is 4.31. The second-order valence-electron chi connectivity index (χ2n) is 8.40. The number of ether oxygens (including phenoxy) is 1. The Bertz CT molecular complexity index is 1270. The van der Waals surface area contributed by atoms with Crippen molar-refractivity contribution in [1.82, 2.24) is 18.7 Å². The first-order valence-corrected chi connectivity index (χ1v) is 10.9. The third-order valence-electron chi connectivity index (χ3n) is 6.11. The topological polar surface area (TPSA) is 91.4 Å². The van der Waals surface area contributed by atoms with Crippen LogP contribution in [0, 0.1) is 12.8 Å². The zero-order valence-electron chi connectivity index (χ0n) is 19.0. The van der Waals surface area contributed by atoms with Gasteiger partial charge in [-0.2, -0.15) is 4.98 Å². The highest BCUT2D eigenvalue weighted by atomic mass is 16.5. The summed E-state index contributed by atoms with van der Waals surface area (Å²) >= 11 is 0. The number of hydrogen-bond acceptors (Lipinski definition) is 6. The van der Waals surface area contributed by atoms with E-state index in [1.165, 1.54) is 11.6 Å². The Balaban J connectivity index is 1.85. The Kier molecular flexibility index (Phi) is 5.90. The van der Waals surface area contributed by atoms with Crippen LogP contribution in [-0.2, 0) is 30.2 Å². The lowest BCUT2D eigenvalue weighted by atomic mass is 9.98. The summed E-state index contributed by atoms with van der Waals surface area (Å²) in [6, 6.07) is 8.10. The van der Waals surface area contributed by atoms with Gasteiger partial charge in [-0.05, 0) is 32.3 Å². The minimum Gasteiger partial charge on any atom is -0.466 e. The largest absolute Gasteiger partial charge is 0.466 e. The molecular weight excluding hydrogens is 410 g/mol. The molecule has 4 rings (SSSR count). The minimum atomic E-state index is -0.419. The van der Waals surface area contributed by atoms with Crippen LogP contribution in [-0.4, -0.2) is 44.4 Å². The predicted octanol–water partition coefficient (Wildman–Crippen LogP) is 1.57. The van der Waals surface area contributed by atoms with Gasteiger partial charge in [-0.25, -0.2) is 4.79 Å². The lowest BCUT2D eigenvalue weighted by molar-refractivity contribution is -0.148. The van der Waals surface area contributed by atoms with E-state index < -0.39 is 5.69 Å². The lowest BCUT2D eigenvalue weighted by Crippen LogP contribution is -2.41. The highest BCUT2D eigenvalue weighted by Gasteiger charge is 2.31. The fourth-order valence-electron chi connectivity index (χ4n) is 4.31. The summed E-state index contributed by atoms with van der Waals surface area (Å²) in [7, 11) is 3.10. The molecule has 0 N–H and O–H groups in total. The second kappa shape index (κ2) is 8.64. The molecule has 0 saturated carbocycles. The van der Waals surface area contributed by atoms with Gasteiger partial charge in [0, 0.05) is 27.2 Å². The molecule has 170 valence electrons. The summed E-state index contributed by atoms with van der Waals surface area (Å²) in [5, 5.41) is 0. The van der Waals surface area contributed by atoms with Crippen LogP contribution in [0.1, 0.15) is 30.9 Å². The van der Waals surface area contributed by atoms with E-state index in [9.17, 15) is 14.4 Å². The average molecular weight is 440 g/mol. The zero-order chi connectivity index (χ0) is 23.0. The van der Waals surface area contributed by atoms with E-state index in [-0.39, 0.29) is 17.4 Å². The number of imidazole rings is 1. The van der Waals surface area contributed by atoms with E-state index in [2.05, 4.69) is 0 Å². The van der Waals surface area contributed by atoms with Gasteiger partial charge in [0.05, 0.1) is 19.1 Å². The summed E-state index contributed by atoms with van der Waals surface area (Å²) in [5.41, 5.74) is 2.09. The van der Waals surface area contributed by atoms with E-state index in [1.807, 2.05) is 40.7 Å². The molecule has 0 unspecified atom stereocenters. The van der Waals surface area contributed by atoms with Crippen molar-refractivity contribution >= 4 is 23.1 Å². The van der Waals surface area contributed by atoms with Gasteiger partial charge < -0.3 is 9.64 Å². The normalized spacial score (nSPS) is 16.5. The van der Waals surface area contributed by atoms with Crippen LogP contribution >= 0.6 is 0 Å². The Morgan fingerprint density at radius 1 is 1.16 bits per heavy atom. The van der Waals surface area contributed by atoms with E-state index in [1.54, 1.807) is 14.0 Å². The number of nitrogens with zero attached hydrogens (tertiary/aromatic N) is 5. The Hall–Kier alpha value is -3.36. The van der Waals surface area contributed by atoms with Crippen LogP contribution in [0.4, 0.5) is 5.95 Å². The van der Waals surface area contributed by atoms with Gasteiger partial charge >= 0.3 is 11.7 Å². The van der Waals surface area contributed by atoms with Crippen LogP contribution in [0.2, 0.25) is 0 Å². The van der Waals surface area contributed by atoms with E-state index in [0.29, 0.717) is 43.4 Å². The highest BCUT2D eigenvalue weighted by molar-refractivity contribution is 5.76. The lowest BCUT2D eigenvalue weighted by Gasteiger charge is -2.32. The molecule has 3 heterocycles. The number of aromatic nitrogens is 4. The standard InChI is InChI=1S/C23H29N5O4/c1-5-32-21(30)17-7-6-12-27(14-17)22-24-19-18(20(29)26(4)23(31)25(19)3)28(22)13-16-10-8-15(2)9-11-16/h8-11,17H,5-7,12-14H2,1-4H3/t17-/m0/s1. The third-order valence-corrected chi connectivity index (χ3v) is 6.11. The molecule has 1 aliphatic heterocycles. The number of piperidine rings is 1. The van der Waals surface area contributed by atoms with E-state index in [0.717, 1.165) is 28.5 Å². The quantitative estimate of drug-likeness (QED) is 0.561. The number of anilines is 1. The number of carbonyl (C=O) groups excluding carboxylic acids is 1.